The summed E-state index contributed by atoms with van der Waals surface area (Å²) >= 11 is 7.77. The number of carboxylic acids is 1. The van der Waals surface area contributed by atoms with E-state index in [1.54, 1.807) is 6.07 Å². The van der Waals surface area contributed by atoms with Crippen LogP contribution < -0.4 is 5.32 Å². The zero-order chi connectivity index (χ0) is 14.5. The van der Waals surface area contributed by atoms with Gasteiger partial charge in [-0.25, -0.2) is 4.79 Å². The summed E-state index contributed by atoms with van der Waals surface area (Å²) in [5.74, 6) is 1.50. The van der Waals surface area contributed by atoms with Crippen LogP contribution in [-0.4, -0.2) is 28.5 Å². The first-order chi connectivity index (χ1) is 9.54. The molecule has 1 heterocycles. The van der Waals surface area contributed by atoms with E-state index in [1.165, 1.54) is 12.1 Å². The van der Waals surface area contributed by atoms with Gasteiger partial charge >= 0.3 is 5.97 Å². The number of hydrogen-bond donors (Lipinski definition) is 2. The Bertz CT molecular complexity index is 515. The predicted molar refractivity (Wildman–Crippen MR) is 81.7 cm³/mol. The van der Waals surface area contributed by atoms with Crippen LogP contribution in [0.1, 0.15) is 29.6 Å². The van der Waals surface area contributed by atoms with Crippen LogP contribution in [0.25, 0.3) is 0 Å². The van der Waals surface area contributed by atoms with Gasteiger partial charge in [-0.3, -0.25) is 4.79 Å². The molecular weight excluding hydrogens is 298 g/mol. The number of halogens is 1. The average molecular weight is 314 g/mol. The molecule has 0 atom stereocenters. The van der Waals surface area contributed by atoms with Crippen molar-refractivity contribution in [3.8, 4) is 0 Å². The third-order valence-corrected chi connectivity index (χ3v) is 4.51. The fourth-order valence-corrected chi connectivity index (χ4v) is 3.65. The molecular formula is C14H16ClNO3S. The third kappa shape index (κ3) is 4.42. The number of aromatic carboxylic acids is 1. The largest absolute Gasteiger partial charge is 0.478 e. The van der Waals surface area contributed by atoms with E-state index in [1.807, 2.05) is 11.8 Å². The van der Waals surface area contributed by atoms with Gasteiger partial charge in [-0.05, 0) is 48.5 Å². The Labute approximate surface area is 126 Å². The SMILES string of the molecule is O=C(CC1CCSCC1)Nc1cc(Cl)cc(C(=O)O)c1. The molecule has 0 spiro atoms. The summed E-state index contributed by atoms with van der Waals surface area (Å²) in [7, 11) is 0. The fourth-order valence-electron chi connectivity index (χ4n) is 2.21. The lowest BCUT2D eigenvalue weighted by Gasteiger charge is -2.20. The number of carboxylic acid groups (broad SMARTS) is 1. The predicted octanol–water partition coefficient (Wildman–Crippen LogP) is 3.51. The van der Waals surface area contributed by atoms with Gasteiger partial charge in [0.2, 0.25) is 5.91 Å². The Morgan fingerprint density at radius 3 is 2.65 bits per heavy atom. The van der Waals surface area contributed by atoms with E-state index in [9.17, 15) is 9.59 Å². The Morgan fingerprint density at radius 2 is 2.00 bits per heavy atom. The van der Waals surface area contributed by atoms with Crippen LogP contribution >= 0.6 is 23.4 Å². The molecule has 0 bridgehead atoms. The van der Waals surface area contributed by atoms with Gasteiger partial charge in [-0.1, -0.05) is 11.6 Å². The Kier molecular flexibility index (Phi) is 5.31. The van der Waals surface area contributed by atoms with Gasteiger partial charge in [0.25, 0.3) is 0 Å². The second kappa shape index (κ2) is 6.99. The van der Waals surface area contributed by atoms with Crippen molar-refractivity contribution in [1.29, 1.82) is 0 Å². The third-order valence-electron chi connectivity index (χ3n) is 3.24. The number of hydrogen-bond acceptors (Lipinski definition) is 3. The summed E-state index contributed by atoms with van der Waals surface area (Å²) in [6, 6.07) is 4.34. The molecule has 1 amide bonds. The van der Waals surface area contributed by atoms with Gasteiger partial charge in [0.15, 0.2) is 0 Å². The van der Waals surface area contributed by atoms with E-state index >= 15 is 0 Å². The molecule has 1 aromatic rings. The van der Waals surface area contributed by atoms with Crippen molar-refractivity contribution in [3.63, 3.8) is 0 Å². The molecule has 1 aliphatic heterocycles. The average Bonchev–Trinajstić information content (AvgIpc) is 2.38. The van der Waals surface area contributed by atoms with Crippen LogP contribution in [0.3, 0.4) is 0 Å². The van der Waals surface area contributed by atoms with Gasteiger partial charge in [-0.2, -0.15) is 11.8 Å². The summed E-state index contributed by atoms with van der Waals surface area (Å²) in [4.78, 5) is 22.9. The first kappa shape index (κ1) is 15.2. The van der Waals surface area contributed by atoms with Gasteiger partial charge in [-0.15, -0.1) is 0 Å². The highest BCUT2D eigenvalue weighted by Gasteiger charge is 2.17. The molecule has 6 heteroatoms. The van der Waals surface area contributed by atoms with Crippen LogP contribution in [0.2, 0.25) is 5.02 Å². The summed E-state index contributed by atoms with van der Waals surface area (Å²) < 4.78 is 0. The Morgan fingerprint density at radius 1 is 1.30 bits per heavy atom. The number of carbonyl (C=O) groups excluding carboxylic acids is 1. The van der Waals surface area contributed by atoms with E-state index in [2.05, 4.69) is 5.32 Å². The number of benzene rings is 1. The second-order valence-electron chi connectivity index (χ2n) is 4.84. The zero-order valence-electron chi connectivity index (χ0n) is 10.9. The Hall–Kier alpha value is -1.20. The minimum Gasteiger partial charge on any atom is -0.478 e. The van der Waals surface area contributed by atoms with E-state index in [0.717, 1.165) is 24.3 Å². The molecule has 20 heavy (non-hydrogen) atoms. The minimum atomic E-state index is -1.06. The number of anilines is 1. The topological polar surface area (TPSA) is 66.4 Å². The lowest BCUT2D eigenvalue weighted by molar-refractivity contribution is -0.117. The number of amides is 1. The molecule has 0 aromatic heterocycles. The molecule has 0 aliphatic carbocycles. The molecule has 2 N–H and O–H groups in total. The normalized spacial score (nSPS) is 15.8. The van der Waals surface area contributed by atoms with Crippen molar-refractivity contribution in [2.75, 3.05) is 16.8 Å². The van der Waals surface area contributed by atoms with E-state index in [-0.39, 0.29) is 11.5 Å². The molecule has 1 saturated heterocycles. The highest BCUT2D eigenvalue weighted by molar-refractivity contribution is 7.99. The molecule has 1 aliphatic rings. The second-order valence-corrected chi connectivity index (χ2v) is 6.50. The van der Waals surface area contributed by atoms with Gasteiger partial charge < -0.3 is 10.4 Å². The summed E-state index contributed by atoms with van der Waals surface area (Å²) in [6.07, 6.45) is 2.61. The van der Waals surface area contributed by atoms with E-state index < -0.39 is 5.97 Å². The van der Waals surface area contributed by atoms with E-state index in [0.29, 0.717) is 23.0 Å². The first-order valence-electron chi connectivity index (χ1n) is 6.46. The molecule has 0 unspecified atom stereocenters. The smallest absolute Gasteiger partial charge is 0.335 e. The molecule has 2 rings (SSSR count). The van der Waals surface area contributed by atoms with Gasteiger partial charge in [0.1, 0.15) is 0 Å². The molecule has 1 fully saturated rings. The minimum absolute atomic E-state index is 0.0712. The zero-order valence-corrected chi connectivity index (χ0v) is 12.5. The van der Waals surface area contributed by atoms with Crippen molar-refractivity contribution in [1.82, 2.24) is 0 Å². The molecule has 108 valence electrons. The highest BCUT2D eigenvalue weighted by atomic mass is 35.5. The molecule has 0 saturated carbocycles. The van der Waals surface area contributed by atoms with Gasteiger partial charge in [0, 0.05) is 17.1 Å². The van der Waals surface area contributed by atoms with Crippen LogP contribution in [0.15, 0.2) is 18.2 Å². The van der Waals surface area contributed by atoms with Gasteiger partial charge in [0.05, 0.1) is 5.56 Å². The number of rotatable bonds is 4. The highest BCUT2D eigenvalue weighted by Crippen LogP contribution is 2.26. The van der Waals surface area contributed by atoms with Crippen molar-refractivity contribution in [3.05, 3.63) is 28.8 Å². The maximum Gasteiger partial charge on any atom is 0.335 e. The maximum atomic E-state index is 12.0. The molecule has 0 radical (unpaired) electrons. The van der Waals surface area contributed by atoms with Crippen LogP contribution in [0.5, 0.6) is 0 Å². The summed E-state index contributed by atoms with van der Waals surface area (Å²) in [6.45, 7) is 0. The number of nitrogens with one attached hydrogen (secondary N) is 1. The Balaban J connectivity index is 1.98. The van der Waals surface area contributed by atoms with E-state index in [4.69, 9.17) is 16.7 Å². The number of carbonyl (C=O) groups is 2. The lowest BCUT2D eigenvalue weighted by atomic mass is 9.98. The van der Waals surface area contributed by atoms with Crippen molar-refractivity contribution in [2.24, 2.45) is 5.92 Å². The maximum absolute atomic E-state index is 12.0. The lowest BCUT2D eigenvalue weighted by Crippen LogP contribution is -2.19. The van der Waals surface area contributed by atoms with Crippen molar-refractivity contribution in [2.45, 2.75) is 19.3 Å². The van der Waals surface area contributed by atoms with Crippen molar-refractivity contribution < 1.29 is 14.7 Å². The van der Waals surface area contributed by atoms with Crippen LogP contribution in [0, 0.1) is 5.92 Å². The monoisotopic (exact) mass is 313 g/mol. The molecule has 1 aromatic carbocycles. The number of thioether (sulfide) groups is 1. The van der Waals surface area contributed by atoms with Crippen molar-refractivity contribution >= 4 is 40.9 Å². The summed E-state index contributed by atoms with van der Waals surface area (Å²) in [5, 5.41) is 12.0. The summed E-state index contributed by atoms with van der Waals surface area (Å²) in [5.41, 5.74) is 0.506. The van der Waals surface area contributed by atoms with Crippen LogP contribution in [-0.2, 0) is 4.79 Å². The molecule has 4 nitrogen and oxygen atoms in total. The fraction of sp³-hybridized carbons (Fsp3) is 0.429. The first-order valence-corrected chi connectivity index (χ1v) is 7.99. The van der Waals surface area contributed by atoms with Crippen LogP contribution in [0.4, 0.5) is 5.69 Å². The quantitative estimate of drug-likeness (QED) is 0.892. The standard InChI is InChI=1S/C14H16ClNO3S/c15-11-6-10(14(18)19)7-12(8-11)16-13(17)5-9-1-3-20-4-2-9/h6-9H,1-5H2,(H,16,17)(H,18,19).